The predicted octanol–water partition coefficient (Wildman–Crippen LogP) is 6.93. The number of hydrogen-bond donors (Lipinski definition) is 1. The number of H-pyrrole nitrogens is 1. The van der Waals surface area contributed by atoms with Crippen LogP contribution in [-0.2, 0) is 6.18 Å². The third-order valence-corrected chi connectivity index (χ3v) is 4.55. The molecule has 0 aliphatic rings. The van der Waals surface area contributed by atoms with Crippen molar-refractivity contribution in [3.63, 3.8) is 0 Å². The molecule has 144 valence electrons. The van der Waals surface area contributed by atoms with E-state index in [9.17, 15) is 13.2 Å². The lowest BCUT2D eigenvalue weighted by Crippen LogP contribution is -2.04. The normalized spacial score (nSPS) is 11.8. The van der Waals surface area contributed by atoms with Crippen LogP contribution in [0.5, 0.6) is 0 Å². The zero-order valence-corrected chi connectivity index (χ0v) is 15.3. The van der Waals surface area contributed by atoms with Gasteiger partial charge in [0.05, 0.1) is 17.5 Å². The van der Waals surface area contributed by atoms with E-state index in [0.29, 0.717) is 5.56 Å². The van der Waals surface area contributed by atoms with E-state index in [0.717, 1.165) is 34.3 Å². The van der Waals surface area contributed by atoms with Gasteiger partial charge >= 0.3 is 6.18 Å². The SMILES string of the molecule is FC(F)(F)c1cccc(-c2ccc(/C=C/c3ncc(-c4ccccc4)[nH]3)cc2)c1. The molecule has 0 saturated heterocycles. The van der Waals surface area contributed by atoms with E-state index in [1.54, 1.807) is 12.3 Å². The lowest BCUT2D eigenvalue weighted by molar-refractivity contribution is -0.137. The molecule has 1 heterocycles. The van der Waals surface area contributed by atoms with Crippen molar-refractivity contribution in [3.8, 4) is 22.4 Å². The summed E-state index contributed by atoms with van der Waals surface area (Å²) in [6.45, 7) is 0. The summed E-state index contributed by atoms with van der Waals surface area (Å²) in [5.74, 6) is 0.728. The molecule has 0 atom stereocenters. The first-order valence-corrected chi connectivity index (χ1v) is 9.05. The van der Waals surface area contributed by atoms with Crippen LogP contribution in [0.2, 0.25) is 0 Å². The van der Waals surface area contributed by atoms with Gasteiger partial charge in [-0.3, -0.25) is 0 Å². The Morgan fingerprint density at radius 1 is 0.724 bits per heavy atom. The number of hydrogen-bond acceptors (Lipinski definition) is 1. The molecular weight excluding hydrogens is 373 g/mol. The van der Waals surface area contributed by atoms with E-state index in [-0.39, 0.29) is 0 Å². The molecule has 0 aliphatic carbocycles. The summed E-state index contributed by atoms with van der Waals surface area (Å²) < 4.78 is 38.7. The number of aromatic amines is 1. The highest BCUT2D eigenvalue weighted by Gasteiger charge is 2.30. The number of aromatic nitrogens is 2. The molecule has 5 heteroatoms. The summed E-state index contributed by atoms with van der Waals surface area (Å²) in [7, 11) is 0. The van der Waals surface area contributed by atoms with E-state index in [1.165, 1.54) is 12.1 Å². The summed E-state index contributed by atoms with van der Waals surface area (Å²) >= 11 is 0. The lowest BCUT2D eigenvalue weighted by atomic mass is 10.0. The zero-order chi connectivity index (χ0) is 20.3. The van der Waals surface area contributed by atoms with Crippen molar-refractivity contribution in [3.05, 3.63) is 102 Å². The molecule has 4 aromatic rings. The maximum Gasteiger partial charge on any atom is 0.416 e. The number of nitrogens with one attached hydrogen (secondary N) is 1. The minimum atomic E-state index is -4.35. The molecule has 1 aromatic heterocycles. The molecule has 1 N–H and O–H groups in total. The number of halogens is 3. The molecule has 0 saturated carbocycles. The number of imidazole rings is 1. The third kappa shape index (κ3) is 4.46. The van der Waals surface area contributed by atoms with E-state index < -0.39 is 11.7 Å². The Hall–Kier alpha value is -3.60. The summed E-state index contributed by atoms with van der Waals surface area (Å²) in [6.07, 6.45) is 1.21. The van der Waals surface area contributed by atoms with Gasteiger partial charge in [-0.2, -0.15) is 13.2 Å². The van der Waals surface area contributed by atoms with Crippen LogP contribution in [-0.4, -0.2) is 9.97 Å². The Bertz CT molecular complexity index is 1120. The summed E-state index contributed by atoms with van der Waals surface area (Å²) in [6, 6.07) is 22.6. The Morgan fingerprint density at radius 3 is 2.17 bits per heavy atom. The quantitative estimate of drug-likeness (QED) is 0.402. The van der Waals surface area contributed by atoms with E-state index in [1.807, 2.05) is 66.7 Å². The van der Waals surface area contributed by atoms with E-state index in [2.05, 4.69) is 9.97 Å². The molecule has 0 bridgehead atoms. The van der Waals surface area contributed by atoms with Crippen LogP contribution >= 0.6 is 0 Å². The van der Waals surface area contributed by atoms with Gasteiger partial charge in [0.15, 0.2) is 0 Å². The van der Waals surface area contributed by atoms with Crippen LogP contribution in [0.3, 0.4) is 0 Å². The first-order chi connectivity index (χ1) is 14.0. The molecule has 2 nitrogen and oxygen atoms in total. The summed E-state index contributed by atoms with van der Waals surface area (Å²) in [4.78, 5) is 7.61. The Balaban J connectivity index is 1.50. The molecule has 4 rings (SSSR count). The molecule has 0 aliphatic heterocycles. The number of alkyl halides is 3. The fraction of sp³-hybridized carbons (Fsp3) is 0.0417. The minimum absolute atomic E-state index is 0.536. The predicted molar refractivity (Wildman–Crippen MR) is 110 cm³/mol. The number of benzene rings is 3. The first-order valence-electron chi connectivity index (χ1n) is 9.05. The van der Waals surface area contributed by atoms with Crippen molar-refractivity contribution in [1.29, 1.82) is 0 Å². The average Bonchev–Trinajstić information content (AvgIpc) is 3.22. The second-order valence-electron chi connectivity index (χ2n) is 6.58. The van der Waals surface area contributed by atoms with Crippen molar-refractivity contribution < 1.29 is 13.2 Å². The maximum atomic E-state index is 12.9. The van der Waals surface area contributed by atoms with Crippen molar-refractivity contribution in [2.45, 2.75) is 6.18 Å². The topological polar surface area (TPSA) is 28.7 Å². The van der Waals surface area contributed by atoms with Crippen LogP contribution < -0.4 is 0 Å². The highest BCUT2D eigenvalue weighted by atomic mass is 19.4. The van der Waals surface area contributed by atoms with Crippen molar-refractivity contribution in [2.24, 2.45) is 0 Å². The van der Waals surface area contributed by atoms with Gasteiger partial charge in [0.1, 0.15) is 5.82 Å². The number of nitrogens with zero attached hydrogens (tertiary/aromatic N) is 1. The fourth-order valence-corrected chi connectivity index (χ4v) is 3.02. The van der Waals surface area contributed by atoms with Crippen LogP contribution in [0.25, 0.3) is 34.5 Å². The van der Waals surface area contributed by atoms with Crippen LogP contribution in [0, 0.1) is 0 Å². The molecule has 29 heavy (non-hydrogen) atoms. The second-order valence-corrected chi connectivity index (χ2v) is 6.58. The molecule has 0 spiro atoms. The van der Waals surface area contributed by atoms with Gasteiger partial charge in [-0.15, -0.1) is 0 Å². The molecule has 0 unspecified atom stereocenters. The van der Waals surface area contributed by atoms with Gasteiger partial charge in [-0.05, 0) is 40.5 Å². The largest absolute Gasteiger partial charge is 0.416 e. The molecule has 3 aromatic carbocycles. The van der Waals surface area contributed by atoms with Gasteiger partial charge in [-0.25, -0.2) is 4.98 Å². The van der Waals surface area contributed by atoms with Crippen LogP contribution in [0.4, 0.5) is 13.2 Å². The van der Waals surface area contributed by atoms with Crippen molar-refractivity contribution >= 4 is 12.2 Å². The summed E-state index contributed by atoms with van der Waals surface area (Å²) in [5, 5.41) is 0. The van der Waals surface area contributed by atoms with E-state index in [4.69, 9.17) is 0 Å². The second kappa shape index (κ2) is 7.80. The Morgan fingerprint density at radius 2 is 1.45 bits per heavy atom. The van der Waals surface area contributed by atoms with Crippen LogP contribution in [0.15, 0.2) is 85.1 Å². The zero-order valence-electron chi connectivity index (χ0n) is 15.3. The molecule has 0 radical (unpaired) electrons. The standard InChI is InChI=1S/C24H17F3N2/c25-24(26,27)21-8-4-7-20(15-21)18-12-9-17(10-13-18)11-14-23-28-16-22(29-23)19-5-2-1-3-6-19/h1-16H,(H,28,29)/b14-11+. The lowest BCUT2D eigenvalue weighted by Gasteiger charge is -2.09. The van der Waals surface area contributed by atoms with Gasteiger partial charge in [0.25, 0.3) is 0 Å². The van der Waals surface area contributed by atoms with Gasteiger partial charge in [0, 0.05) is 0 Å². The fourth-order valence-electron chi connectivity index (χ4n) is 3.02. The summed E-state index contributed by atoms with van der Waals surface area (Å²) in [5.41, 5.74) is 3.55. The van der Waals surface area contributed by atoms with Gasteiger partial charge < -0.3 is 4.98 Å². The smallest absolute Gasteiger partial charge is 0.338 e. The first kappa shape index (κ1) is 18.7. The Kier molecular flexibility index (Phi) is 5.04. The minimum Gasteiger partial charge on any atom is -0.338 e. The Labute approximate surface area is 166 Å². The average molecular weight is 390 g/mol. The van der Waals surface area contributed by atoms with Gasteiger partial charge in [0.2, 0.25) is 0 Å². The molecule has 0 amide bonds. The van der Waals surface area contributed by atoms with E-state index >= 15 is 0 Å². The highest BCUT2D eigenvalue weighted by Crippen LogP contribution is 2.32. The van der Waals surface area contributed by atoms with Crippen LogP contribution in [0.1, 0.15) is 17.0 Å². The maximum absolute atomic E-state index is 12.9. The third-order valence-electron chi connectivity index (χ3n) is 4.55. The molecular formula is C24H17F3N2. The monoisotopic (exact) mass is 390 g/mol. The number of rotatable bonds is 4. The highest BCUT2D eigenvalue weighted by molar-refractivity contribution is 5.71. The van der Waals surface area contributed by atoms with Gasteiger partial charge in [-0.1, -0.05) is 72.8 Å². The van der Waals surface area contributed by atoms with Crippen molar-refractivity contribution in [1.82, 2.24) is 9.97 Å². The van der Waals surface area contributed by atoms with Crippen molar-refractivity contribution in [2.75, 3.05) is 0 Å². The molecule has 0 fully saturated rings.